The number of rotatable bonds is 9. The van der Waals surface area contributed by atoms with E-state index in [1.54, 1.807) is 0 Å². The Labute approximate surface area is 182 Å². The van der Waals surface area contributed by atoms with Gasteiger partial charge in [-0.25, -0.2) is 0 Å². The fourth-order valence-electron chi connectivity index (χ4n) is 2.77. The van der Waals surface area contributed by atoms with Gasteiger partial charge in [0.05, 0.1) is 33.5 Å². The molecule has 0 radical (unpaired) electrons. The number of ether oxygens (including phenoxy) is 3. The summed E-state index contributed by atoms with van der Waals surface area (Å²) in [6.07, 6.45) is -4.46. The van der Waals surface area contributed by atoms with Crippen molar-refractivity contribution in [1.29, 1.82) is 0 Å². The molecule has 11 heteroatoms. The molecule has 0 aliphatic carbocycles. The number of nitrogens with one attached hydrogen (secondary N) is 2. The maximum absolute atomic E-state index is 12.6. The van der Waals surface area contributed by atoms with Gasteiger partial charge in [0.1, 0.15) is 6.04 Å². The van der Waals surface area contributed by atoms with Crippen molar-refractivity contribution in [2.45, 2.75) is 18.8 Å². The van der Waals surface area contributed by atoms with E-state index in [4.69, 9.17) is 14.2 Å². The van der Waals surface area contributed by atoms with Gasteiger partial charge in [0, 0.05) is 12.1 Å². The Kier molecular flexibility index (Phi) is 8.30. The zero-order valence-electron chi connectivity index (χ0n) is 17.6. The summed E-state index contributed by atoms with van der Waals surface area (Å²) < 4.78 is 53.4. The lowest BCUT2D eigenvalue weighted by Gasteiger charge is -2.18. The van der Waals surface area contributed by atoms with Crippen LogP contribution in [0, 0.1) is 0 Å². The van der Waals surface area contributed by atoms with Crippen molar-refractivity contribution in [3.8, 4) is 17.2 Å². The third-order valence-electron chi connectivity index (χ3n) is 4.48. The molecular formula is C21H23F3N2O6. The van der Waals surface area contributed by atoms with E-state index in [9.17, 15) is 27.9 Å². The molecule has 32 heavy (non-hydrogen) atoms. The molecule has 1 atom stereocenters. The maximum atomic E-state index is 12.6. The number of aliphatic hydroxyl groups excluding tert-OH is 1. The highest BCUT2D eigenvalue weighted by molar-refractivity contribution is 5.98. The van der Waals surface area contributed by atoms with E-state index in [2.05, 4.69) is 10.6 Å². The normalized spacial score (nSPS) is 12.0. The minimum absolute atomic E-state index is 0.0898. The number of methoxy groups -OCH3 is 3. The lowest BCUT2D eigenvalue weighted by Crippen LogP contribution is -2.48. The Bertz CT molecular complexity index is 923. The van der Waals surface area contributed by atoms with Crippen LogP contribution in [0.15, 0.2) is 36.4 Å². The lowest BCUT2D eigenvalue weighted by molar-refractivity contribution is -0.137. The smallest absolute Gasteiger partial charge is 0.416 e. The molecule has 2 aromatic rings. The van der Waals surface area contributed by atoms with Gasteiger partial charge in [-0.05, 0) is 29.8 Å². The summed E-state index contributed by atoms with van der Waals surface area (Å²) in [6, 6.07) is 5.72. The number of hydrogen-bond acceptors (Lipinski definition) is 6. The predicted octanol–water partition coefficient (Wildman–Crippen LogP) is 2.14. The molecule has 8 nitrogen and oxygen atoms in total. The molecule has 0 bridgehead atoms. The van der Waals surface area contributed by atoms with Gasteiger partial charge < -0.3 is 30.0 Å². The summed E-state index contributed by atoms with van der Waals surface area (Å²) in [5.74, 6) is -0.672. The minimum atomic E-state index is -4.46. The van der Waals surface area contributed by atoms with Gasteiger partial charge in [-0.15, -0.1) is 0 Å². The molecule has 2 rings (SSSR count). The van der Waals surface area contributed by atoms with Crippen LogP contribution in [0.3, 0.4) is 0 Å². The van der Waals surface area contributed by atoms with Crippen molar-refractivity contribution in [3.63, 3.8) is 0 Å². The van der Waals surface area contributed by atoms with Gasteiger partial charge in [0.15, 0.2) is 11.5 Å². The lowest BCUT2D eigenvalue weighted by atomic mass is 10.1. The van der Waals surface area contributed by atoms with Gasteiger partial charge in [0.2, 0.25) is 11.7 Å². The van der Waals surface area contributed by atoms with E-state index in [1.807, 2.05) is 0 Å². The number of aliphatic hydroxyl groups is 1. The first-order chi connectivity index (χ1) is 15.1. The standard InChI is InChI=1S/C21H23F3N2O6/c1-30-16-8-13(9-17(31-2)18(16)32-3)19(28)26-15(11-27)20(29)25-10-12-4-6-14(7-5-12)21(22,23)24/h4-9,15,27H,10-11H2,1-3H3,(H,25,29)(H,26,28). The topological polar surface area (TPSA) is 106 Å². The van der Waals surface area contributed by atoms with Crippen LogP contribution in [0.5, 0.6) is 17.2 Å². The molecule has 0 fully saturated rings. The van der Waals surface area contributed by atoms with Crippen LogP contribution in [0.25, 0.3) is 0 Å². The number of carbonyl (C=O) groups excluding carboxylic acids is 2. The van der Waals surface area contributed by atoms with Crippen LogP contribution in [0.1, 0.15) is 21.5 Å². The van der Waals surface area contributed by atoms with Crippen molar-refractivity contribution < 1.29 is 42.1 Å². The molecule has 0 spiro atoms. The molecule has 2 aromatic carbocycles. The maximum Gasteiger partial charge on any atom is 0.416 e. The number of hydrogen-bond donors (Lipinski definition) is 3. The van der Waals surface area contributed by atoms with Crippen LogP contribution in [0.4, 0.5) is 13.2 Å². The van der Waals surface area contributed by atoms with Crippen molar-refractivity contribution in [2.24, 2.45) is 0 Å². The molecular weight excluding hydrogens is 433 g/mol. The molecule has 3 N–H and O–H groups in total. The summed E-state index contributed by atoms with van der Waals surface area (Å²) in [6.45, 7) is -0.789. The number of carbonyl (C=O) groups is 2. The van der Waals surface area contributed by atoms with Crippen LogP contribution in [-0.2, 0) is 17.5 Å². The monoisotopic (exact) mass is 456 g/mol. The Morgan fingerprint density at radius 1 is 1.00 bits per heavy atom. The predicted molar refractivity (Wildman–Crippen MR) is 108 cm³/mol. The van der Waals surface area contributed by atoms with Crippen molar-refractivity contribution in [2.75, 3.05) is 27.9 Å². The van der Waals surface area contributed by atoms with E-state index in [0.717, 1.165) is 12.1 Å². The van der Waals surface area contributed by atoms with E-state index in [0.29, 0.717) is 5.56 Å². The van der Waals surface area contributed by atoms with Gasteiger partial charge >= 0.3 is 6.18 Å². The summed E-state index contributed by atoms with van der Waals surface area (Å²) in [5.41, 5.74) is -0.300. The molecule has 2 amide bonds. The first-order valence-corrected chi connectivity index (χ1v) is 9.30. The number of halogens is 3. The second kappa shape index (κ2) is 10.7. The second-order valence-corrected chi connectivity index (χ2v) is 6.54. The molecule has 0 aromatic heterocycles. The highest BCUT2D eigenvalue weighted by atomic mass is 19.4. The first-order valence-electron chi connectivity index (χ1n) is 9.30. The summed E-state index contributed by atoms with van der Waals surface area (Å²) in [4.78, 5) is 25.0. The van der Waals surface area contributed by atoms with Crippen LogP contribution >= 0.6 is 0 Å². The Balaban J connectivity index is 2.06. The van der Waals surface area contributed by atoms with E-state index in [-0.39, 0.29) is 29.4 Å². The quantitative estimate of drug-likeness (QED) is 0.534. The number of amides is 2. The number of alkyl halides is 3. The average molecular weight is 456 g/mol. The van der Waals surface area contributed by atoms with Gasteiger partial charge in [-0.2, -0.15) is 13.2 Å². The Morgan fingerprint density at radius 3 is 2.00 bits per heavy atom. The SMILES string of the molecule is COc1cc(C(=O)NC(CO)C(=O)NCc2ccc(C(F)(F)F)cc2)cc(OC)c1OC. The highest BCUT2D eigenvalue weighted by Crippen LogP contribution is 2.38. The van der Waals surface area contributed by atoms with Gasteiger partial charge in [0.25, 0.3) is 5.91 Å². The third kappa shape index (κ3) is 6.03. The summed E-state index contributed by atoms with van der Waals surface area (Å²) in [5, 5.41) is 14.4. The molecule has 0 saturated heterocycles. The van der Waals surface area contributed by atoms with E-state index in [1.165, 1.54) is 45.6 Å². The second-order valence-electron chi connectivity index (χ2n) is 6.54. The molecule has 0 saturated carbocycles. The fourth-order valence-corrected chi connectivity index (χ4v) is 2.77. The van der Waals surface area contributed by atoms with Crippen LogP contribution in [-0.4, -0.2) is 50.9 Å². The van der Waals surface area contributed by atoms with Crippen molar-refractivity contribution in [3.05, 3.63) is 53.1 Å². The summed E-state index contributed by atoms with van der Waals surface area (Å²) in [7, 11) is 4.16. The Hall–Kier alpha value is -3.47. The zero-order valence-corrected chi connectivity index (χ0v) is 17.6. The molecule has 0 heterocycles. The van der Waals surface area contributed by atoms with Gasteiger partial charge in [-0.3, -0.25) is 9.59 Å². The average Bonchev–Trinajstić information content (AvgIpc) is 2.79. The van der Waals surface area contributed by atoms with Crippen LogP contribution in [0.2, 0.25) is 0 Å². The van der Waals surface area contributed by atoms with E-state index < -0.39 is 36.2 Å². The molecule has 0 aliphatic heterocycles. The highest BCUT2D eigenvalue weighted by Gasteiger charge is 2.30. The van der Waals surface area contributed by atoms with Gasteiger partial charge in [-0.1, -0.05) is 12.1 Å². The third-order valence-corrected chi connectivity index (χ3v) is 4.48. The first kappa shape index (κ1) is 24.8. The molecule has 1 unspecified atom stereocenters. The number of benzene rings is 2. The fraction of sp³-hybridized carbons (Fsp3) is 0.333. The Morgan fingerprint density at radius 2 is 1.56 bits per heavy atom. The summed E-state index contributed by atoms with van der Waals surface area (Å²) >= 11 is 0. The minimum Gasteiger partial charge on any atom is -0.493 e. The molecule has 0 aliphatic rings. The largest absolute Gasteiger partial charge is 0.493 e. The van der Waals surface area contributed by atoms with Crippen molar-refractivity contribution >= 4 is 11.8 Å². The van der Waals surface area contributed by atoms with Crippen LogP contribution < -0.4 is 24.8 Å². The van der Waals surface area contributed by atoms with E-state index >= 15 is 0 Å². The zero-order chi connectivity index (χ0) is 23.9. The van der Waals surface area contributed by atoms with Crippen molar-refractivity contribution in [1.82, 2.24) is 10.6 Å². The molecule has 174 valence electrons.